The van der Waals surface area contributed by atoms with Gasteiger partial charge >= 0.3 is 5.97 Å². The van der Waals surface area contributed by atoms with Crippen LogP contribution < -0.4 is 0 Å². The van der Waals surface area contributed by atoms with Crippen LogP contribution in [-0.2, 0) is 16.0 Å². The number of carbonyl (C=O) groups excluding carboxylic acids is 1. The molecule has 1 radical (unpaired) electrons. The molecule has 7 heteroatoms. The predicted molar refractivity (Wildman–Crippen MR) is 43.2 cm³/mol. The summed E-state index contributed by atoms with van der Waals surface area (Å²) in [4.78, 5) is 11.1. The molecule has 1 aromatic heterocycles. The maximum Gasteiger partial charge on any atom is 0.376 e. The zero-order valence-electron chi connectivity index (χ0n) is 7.80. The van der Waals surface area contributed by atoms with E-state index in [1.807, 2.05) is 0 Å². The number of ether oxygens (including phenoxy) is 2. The molecule has 1 N–H and O–H groups in total. The van der Waals surface area contributed by atoms with E-state index in [-0.39, 0.29) is 12.4 Å². The first kappa shape index (κ1) is 10.6. The topological polar surface area (TPSA) is 86.5 Å². The van der Waals surface area contributed by atoms with E-state index in [1.54, 1.807) is 0 Å². The van der Waals surface area contributed by atoms with Crippen LogP contribution in [0.4, 0.5) is 0 Å². The number of methoxy groups -OCH3 is 2. The minimum Gasteiger partial charge on any atom is -0.463 e. The lowest BCUT2D eigenvalue weighted by Gasteiger charge is -2.09. The van der Waals surface area contributed by atoms with Crippen molar-refractivity contribution in [3.8, 4) is 0 Å². The van der Waals surface area contributed by atoms with Crippen LogP contribution >= 0.6 is 0 Å². The Bertz CT molecular complexity index is 312. The van der Waals surface area contributed by atoms with Crippen molar-refractivity contribution in [2.75, 3.05) is 14.2 Å². The number of rotatable bonds is 4. The summed E-state index contributed by atoms with van der Waals surface area (Å²) in [5.74, 6) is -0.661. The summed E-state index contributed by atoms with van der Waals surface area (Å²) in [5.41, 5.74) is 0. The molecule has 14 heavy (non-hydrogen) atoms. The highest BCUT2D eigenvalue weighted by Gasteiger charge is 2.16. The summed E-state index contributed by atoms with van der Waals surface area (Å²) in [6.45, 7) is 0.0218. The number of nitrogens with zero attached hydrogens (tertiary/aromatic N) is 3. The van der Waals surface area contributed by atoms with Gasteiger partial charge in [0.15, 0.2) is 6.29 Å². The van der Waals surface area contributed by atoms with E-state index in [4.69, 9.17) is 5.11 Å². The third-order valence-corrected chi connectivity index (χ3v) is 1.54. The zero-order chi connectivity index (χ0) is 10.6. The van der Waals surface area contributed by atoms with Gasteiger partial charge < -0.3 is 14.6 Å². The third kappa shape index (κ3) is 2.27. The van der Waals surface area contributed by atoms with E-state index in [2.05, 4.69) is 26.0 Å². The summed E-state index contributed by atoms with van der Waals surface area (Å²) in [6.07, 6.45) is 1.36. The third-order valence-electron chi connectivity index (χ3n) is 1.54. The van der Waals surface area contributed by atoms with Gasteiger partial charge in [-0.2, -0.15) is 0 Å². The molecule has 0 amide bonds. The van der Waals surface area contributed by atoms with Crippen LogP contribution in [0.1, 0.15) is 10.6 Å². The Labute approximate surface area is 80.3 Å². The quantitative estimate of drug-likeness (QED) is 0.486. The van der Waals surface area contributed by atoms with Gasteiger partial charge in [0, 0.05) is 7.11 Å². The highest BCUT2D eigenvalue weighted by atomic mass is 16.6. The molecule has 1 atom stereocenters. The molecule has 1 heterocycles. The van der Waals surface area contributed by atoms with Crippen molar-refractivity contribution in [3.63, 3.8) is 0 Å². The Morgan fingerprint density at radius 2 is 2.43 bits per heavy atom. The van der Waals surface area contributed by atoms with E-state index in [1.165, 1.54) is 18.8 Å². The number of hydrogen-bond donors (Lipinski definition) is 1. The van der Waals surface area contributed by atoms with Gasteiger partial charge in [-0.05, 0) is 0 Å². The van der Waals surface area contributed by atoms with Crippen LogP contribution in [0.5, 0.6) is 0 Å². The Morgan fingerprint density at radius 3 is 3.00 bits per heavy atom. The lowest BCUT2D eigenvalue weighted by Crippen LogP contribution is -2.21. The highest BCUT2D eigenvalue weighted by Crippen LogP contribution is 1.99. The number of aliphatic hydroxyl groups excluding tert-OH is 1. The Hall–Kier alpha value is -1.47. The van der Waals surface area contributed by atoms with Crippen LogP contribution in [0.2, 0.25) is 0 Å². The molecule has 77 valence electrons. The average Bonchev–Trinajstić information content (AvgIpc) is 2.64. The Morgan fingerprint density at radius 1 is 1.71 bits per heavy atom. The van der Waals surface area contributed by atoms with E-state index in [0.29, 0.717) is 0 Å². The fourth-order valence-corrected chi connectivity index (χ4v) is 0.825. The molecule has 0 spiro atoms. The Balaban J connectivity index is 2.77. The molecule has 0 aromatic carbocycles. The van der Waals surface area contributed by atoms with Crippen molar-refractivity contribution in [2.24, 2.45) is 0 Å². The SMILES string of the molecule is COC(=O)c1nn[c]n1CC(O)OC. The second-order valence-electron chi connectivity index (χ2n) is 2.42. The van der Waals surface area contributed by atoms with E-state index < -0.39 is 12.3 Å². The summed E-state index contributed by atoms with van der Waals surface area (Å²) < 4.78 is 10.3. The second kappa shape index (κ2) is 4.68. The molecule has 0 aliphatic heterocycles. The van der Waals surface area contributed by atoms with Crippen molar-refractivity contribution in [1.82, 2.24) is 14.8 Å². The first-order chi connectivity index (χ1) is 6.69. The number of aromatic nitrogens is 3. The molecule has 1 unspecified atom stereocenters. The monoisotopic (exact) mass is 200 g/mol. The van der Waals surface area contributed by atoms with Gasteiger partial charge in [-0.25, -0.2) is 4.79 Å². The first-order valence-corrected chi connectivity index (χ1v) is 3.79. The molecule has 0 saturated carbocycles. The largest absolute Gasteiger partial charge is 0.463 e. The number of esters is 1. The molecule has 0 fully saturated rings. The molecule has 0 aliphatic rings. The maximum absolute atomic E-state index is 11.1. The van der Waals surface area contributed by atoms with Gasteiger partial charge in [0.25, 0.3) is 0 Å². The number of aliphatic hydroxyl groups is 1. The molecule has 7 nitrogen and oxygen atoms in total. The fraction of sp³-hybridized carbons (Fsp3) is 0.571. The molecule has 1 rings (SSSR count). The van der Waals surface area contributed by atoms with Crippen LogP contribution in [0, 0.1) is 6.33 Å². The van der Waals surface area contributed by atoms with Crippen molar-refractivity contribution >= 4 is 5.97 Å². The van der Waals surface area contributed by atoms with Crippen molar-refractivity contribution in [1.29, 1.82) is 0 Å². The molecule has 1 aromatic rings. The smallest absolute Gasteiger partial charge is 0.376 e. The van der Waals surface area contributed by atoms with Crippen molar-refractivity contribution in [3.05, 3.63) is 12.2 Å². The summed E-state index contributed by atoms with van der Waals surface area (Å²) in [5, 5.41) is 16.0. The van der Waals surface area contributed by atoms with Crippen LogP contribution in [0.15, 0.2) is 0 Å². The maximum atomic E-state index is 11.1. The standard InChI is InChI=1S/C7H10N3O4/c1-13-5(11)3-10-4-8-9-6(10)7(12)14-2/h5,11H,3H2,1-2H3. The lowest BCUT2D eigenvalue weighted by atomic mass is 10.5. The lowest BCUT2D eigenvalue weighted by molar-refractivity contribution is -0.0839. The first-order valence-electron chi connectivity index (χ1n) is 3.79. The van der Waals surface area contributed by atoms with Gasteiger partial charge in [0.05, 0.1) is 13.7 Å². The van der Waals surface area contributed by atoms with Crippen LogP contribution in [0.3, 0.4) is 0 Å². The number of hydrogen-bond acceptors (Lipinski definition) is 6. The molecule has 0 aliphatic carbocycles. The van der Waals surface area contributed by atoms with Gasteiger partial charge in [0.2, 0.25) is 12.2 Å². The summed E-state index contributed by atoms with van der Waals surface area (Å²) in [6, 6.07) is 0. The minimum absolute atomic E-state index is 0.0218. The van der Waals surface area contributed by atoms with Gasteiger partial charge in [-0.15, -0.1) is 10.2 Å². The normalized spacial score (nSPS) is 12.5. The second-order valence-corrected chi connectivity index (χ2v) is 2.42. The summed E-state index contributed by atoms with van der Waals surface area (Å²) >= 11 is 0. The minimum atomic E-state index is -1.04. The van der Waals surface area contributed by atoms with Gasteiger partial charge in [-0.3, -0.25) is 4.57 Å². The van der Waals surface area contributed by atoms with Gasteiger partial charge in [-0.1, -0.05) is 0 Å². The fourth-order valence-electron chi connectivity index (χ4n) is 0.825. The van der Waals surface area contributed by atoms with Crippen molar-refractivity contribution in [2.45, 2.75) is 12.8 Å². The predicted octanol–water partition coefficient (Wildman–Crippen LogP) is -1.17. The molecular formula is C7H10N3O4. The molecule has 0 bridgehead atoms. The van der Waals surface area contributed by atoms with Crippen molar-refractivity contribution < 1.29 is 19.4 Å². The van der Waals surface area contributed by atoms with Crippen LogP contribution in [0.25, 0.3) is 0 Å². The average molecular weight is 200 g/mol. The highest BCUT2D eigenvalue weighted by molar-refractivity contribution is 5.85. The molecule has 0 saturated heterocycles. The zero-order valence-corrected chi connectivity index (χ0v) is 7.80. The van der Waals surface area contributed by atoms with E-state index in [0.717, 1.165) is 0 Å². The van der Waals surface area contributed by atoms with Gasteiger partial charge in [0.1, 0.15) is 0 Å². The number of carbonyl (C=O) groups is 1. The molecular weight excluding hydrogens is 190 g/mol. The van der Waals surface area contributed by atoms with E-state index in [9.17, 15) is 4.79 Å². The Kier molecular flexibility index (Phi) is 3.55. The van der Waals surface area contributed by atoms with E-state index >= 15 is 0 Å². The summed E-state index contributed by atoms with van der Waals surface area (Å²) in [7, 11) is 2.57. The van der Waals surface area contributed by atoms with Crippen LogP contribution in [-0.4, -0.2) is 46.3 Å².